The summed E-state index contributed by atoms with van der Waals surface area (Å²) >= 11 is 0. The fourth-order valence-corrected chi connectivity index (χ4v) is 2.01. The predicted molar refractivity (Wildman–Crippen MR) is 76.4 cm³/mol. The second-order valence-electron chi connectivity index (χ2n) is 4.74. The third-order valence-electron chi connectivity index (χ3n) is 3.41. The van der Waals surface area contributed by atoms with Crippen LogP contribution in [-0.4, -0.2) is 31.2 Å². The summed E-state index contributed by atoms with van der Waals surface area (Å²) in [4.78, 5) is 2.46. The lowest BCUT2D eigenvalue weighted by Crippen LogP contribution is -2.34. The Bertz CT molecular complexity index is 341. The monoisotopic (exact) mass is 250 g/mol. The molecule has 0 amide bonds. The van der Waals surface area contributed by atoms with Gasteiger partial charge in [0, 0.05) is 32.8 Å². The van der Waals surface area contributed by atoms with Crippen LogP contribution in [0.3, 0.4) is 0 Å². The van der Waals surface area contributed by atoms with Crippen molar-refractivity contribution in [3.8, 4) is 0 Å². The first kappa shape index (κ1) is 15.2. The second kappa shape index (κ2) is 8.25. The van der Waals surface area contributed by atoms with Crippen molar-refractivity contribution < 1.29 is 4.74 Å². The van der Waals surface area contributed by atoms with Crippen LogP contribution in [0, 0.1) is 0 Å². The highest BCUT2D eigenvalue weighted by molar-refractivity contribution is 5.23. The van der Waals surface area contributed by atoms with Crippen LogP contribution in [0.25, 0.3) is 0 Å². The Kier molecular flexibility index (Phi) is 6.94. The third-order valence-corrected chi connectivity index (χ3v) is 3.41. The maximum atomic E-state index is 5.68. The first-order valence-corrected chi connectivity index (χ1v) is 6.72. The molecule has 0 saturated carbocycles. The number of methoxy groups -OCH3 is 1. The molecule has 1 aromatic rings. The van der Waals surface area contributed by atoms with Crippen LogP contribution < -0.4 is 5.73 Å². The van der Waals surface area contributed by atoms with E-state index in [1.165, 1.54) is 11.1 Å². The van der Waals surface area contributed by atoms with Gasteiger partial charge in [-0.3, -0.25) is 4.90 Å². The van der Waals surface area contributed by atoms with Crippen LogP contribution in [0.1, 0.15) is 31.4 Å². The lowest BCUT2D eigenvalue weighted by molar-refractivity contribution is 0.118. The normalized spacial score (nSPS) is 12.9. The van der Waals surface area contributed by atoms with E-state index in [0.717, 1.165) is 26.1 Å². The standard InChI is InChI=1S/C15H26N2O/c1-4-13(2)17(8-9-18-3)12-15-7-5-6-14(10-15)11-16/h5-7,10,13H,4,8-9,11-12,16H2,1-3H3. The van der Waals surface area contributed by atoms with E-state index in [0.29, 0.717) is 12.6 Å². The molecule has 0 aliphatic rings. The summed E-state index contributed by atoms with van der Waals surface area (Å²) in [6.07, 6.45) is 1.15. The number of nitrogens with zero attached hydrogens (tertiary/aromatic N) is 1. The summed E-state index contributed by atoms with van der Waals surface area (Å²) in [6, 6.07) is 9.10. The molecule has 0 spiro atoms. The van der Waals surface area contributed by atoms with Gasteiger partial charge in [-0.1, -0.05) is 31.2 Å². The molecular formula is C15H26N2O. The molecule has 0 heterocycles. The first-order chi connectivity index (χ1) is 8.71. The van der Waals surface area contributed by atoms with E-state index >= 15 is 0 Å². The molecule has 18 heavy (non-hydrogen) atoms. The summed E-state index contributed by atoms with van der Waals surface area (Å²) < 4.78 is 5.19. The Hall–Kier alpha value is -0.900. The summed E-state index contributed by atoms with van der Waals surface area (Å²) in [5.41, 5.74) is 8.21. The molecule has 0 aromatic heterocycles. The van der Waals surface area contributed by atoms with Crippen molar-refractivity contribution in [2.24, 2.45) is 5.73 Å². The number of rotatable bonds is 8. The van der Waals surface area contributed by atoms with Crippen molar-refractivity contribution >= 4 is 0 Å². The van der Waals surface area contributed by atoms with Gasteiger partial charge in [0.25, 0.3) is 0 Å². The van der Waals surface area contributed by atoms with Gasteiger partial charge in [-0.2, -0.15) is 0 Å². The molecule has 0 saturated heterocycles. The Morgan fingerprint density at radius 2 is 2.06 bits per heavy atom. The minimum Gasteiger partial charge on any atom is -0.383 e. The van der Waals surface area contributed by atoms with Gasteiger partial charge in [0.15, 0.2) is 0 Å². The molecule has 0 aliphatic carbocycles. The highest BCUT2D eigenvalue weighted by Gasteiger charge is 2.12. The van der Waals surface area contributed by atoms with E-state index in [4.69, 9.17) is 10.5 Å². The van der Waals surface area contributed by atoms with Gasteiger partial charge in [0.2, 0.25) is 0 Å². The summed E-state index contributed by atoms with van der Waals surface area (Å²) in [7, 11) is 1.75. The molecule has 1 rings (SSSR count). The highest BCUT2D eigenvalue weighted by atomic mass is 16.5. The van der Waals surface area contributed by atoms with Crippen LogP contribution in [0.5, 0.6) is 0 Å². The minimum atomic E-state index is 0.571. The average molecular weight is 250 g/mol. The van der Waals surface area contributed by atoms with Gasteiger partial charge >= 0.3 is 0 Å². The van der Waals surface area contributed by atoms with Gasteiger partial charge in [0.05, 0.1) is 6.61 Å². The van der Waals surface area contributed by atoms with E-state index in [2.05, 4.69) is 43.0 Å². The van der Waals surface area contributed by atoms with Crippen molar-refractivity contribution in [1.82, 2.24) is 4.90 Å². The van der Waals surface area contributed by atoms with Crippen molar-refractivity contribution in [3.63, 3.8) is 0 Å². The minimum absolute atomic E-state index is 0.571. The Morgan fingerprint density at radius 3 is 2.67 bits per heavy atom. The zero-order valence-electron chi connectivity index (χ0n) is 11.9. The Labute approximate surface area is 111 Å². The van der Waals surface area contributed by atoms with Crippen molar-refractivity contribution in [2.75, 3.05) is 20.3 Å². The fourth-order valence-electron chi connectivity index (χ4n) is 2.01. The number of nitrogens with two attached hydrogens (primary N) is 1. The second-order valence-corrected chi connectivity index (χ2v) is 4.74. The number of hydrogen-bond acceptors (Lipinski definition) is 3. The van der Waals surface area contributed by atoms with E-state index < -0.39 is 0 Å². The average Bonchev–Trinajstić information content (AvgIpc) is 2.42. The largest absolute Gasteiger partial charge is 0.383 e. The maximum absolute atomic E-state index is 5.68. The van der Waals surface area contributed by atoms with Crippen molar-refractivity contribution in [2.45, 2.75) is 39.4 Å². The number of hydrogen-bond donors (Lipinski definition) is 1. The van der Waals surface area contributed by atoms with Crippen LogP contribution in [0.4, 0.5) is 0 Å². The van der Waals surface area contributed by atoms with Gasteiger partial charge < -0.3 is 10.5 Å². The molecule has 0 bridgehead atoms. The van der Waals surface area contributed by atoms with E-state index in [1.54, 1.807) is 7.11 Å². The molecule has 102 valence electrons. The van der Waals surface area contributed by atoms with Gasteiger partial charge in [-0.25, -0.2) is 0 Å². The zero-order chi connectivity index (χ0) is 13.4. The SMILES string of the molecule is CCC(C)N(CCOC)Cc1cccc(CN)c1. The van der Waals surface area contributed by atoms with Crippen molar-refractivity contribution in [1.29, 1.82) is 0 Å². The molecule has 0 aliphatic heterocycles. The maximum Gasteiger partial charge on any atom is 0.0589 e. The van der Waals surface area contributed by atoms with E-state index in [1.807, 2.05) is 0 Å². The fraction of sp³-hybridized carbons (Fsp3) is 0.600. The zero-order valence-corrected chi connectivity index (χ0v) is 11.9. The highest BCUT2D eigenvalue weighted by Crippen LogP contribution is 2.12. The van der Waals surface area contributed by atoms with Crippen LogP contribution in [0.15, 0.2) is 24.3 Å². The van der Waals surface area contributed by atoms with Crippen LogP contribution in [0.2, 0.25) is 0 Å². The van der Waals surface area contributed by atoms with E-state index in [-0.39, 0.29) is 0 Å². The van der Waals surface area contributed by atoms with Crippen LogP contribution >= 0.6 is 0 Å². The summed E-state index contributed by atoms with van der Waals surface area (Å²) in [5, 5.41) is 0. The third kappa shape index (κ3) is 4.77. The van der Waals surface area contributed by atoms with Gasteiger partial charge in [-0.15, -0.1) is 0 Å². The molecule has 1 unspecified atom stereocenters. The Morgan fingerprint density at radius 1 is 1.33 bits per heavy atom. The lowest BCUT2D eigenvalue weighted by Gasteiger charge is -2.28. The van der Waals surface area contributed by atoms with E-state index in [9.17, 15) is 0 Å². The number of benzene rings is 1. The molecule has 0 radical (unpaired) electrons. The molecule has 1 aromatic carbocycles. The van der Waals surface area contributed by atoms with Gasteiger partial charge in [-0.05, 0) is 24.5 Å². The molecule has 1 atom stereocenters. The summed E-state index contributed by atoms with van der Waals surface area (Å²) in [6.45, 7) is 7.81. The first-order valence-electron chi connectivity index (χ1n) is 6.72. The predicted octanol–water partition coefficient (Wildman–Crippen LogP) is 2.39. The topological polar surface area (TPSA) is 38.5 Å². The smallest absolute Gasteiger partial charge is 0.0589 e. The van der Waals surface area contributed by atoms with Crippen molar-refractivity contribution in [3.05, 3.63) is 35.4 Å². The Balaban J connectivity index is 2.68. The molecule has 3 nitrogen and oxygen atoms in total. The lowest BCUT2D eigenvalue weighted by atomic mass is 10.1. The number of ether oxygens (including phenoxy) is 1. The molecular weight excluding hydrogens is 224 g/mol. The quantitative estimate of drug-likeness (QED) is 0.770. The van der Waals surface area contributed by atoms with Crippen LogP contribution in [-0.2, 0) is 17.8 Å². The molecule has 3 heteroatoms. The summed E-state index contributed by atoms with van der Waals surface area (Å²) in [5.74, 6) is 0. The molecule has 0 fully saturated rings. The molecule has 2 N–H and O–H groups in total. The van der Waals surface area contributed by atoms with Gasteiger partial charge in [0.1, 0.15) is 0 Å².